The van der Waals surface area contributed by atoms with Crippen LogP contribution in [0.1, 0.15) is 19.4 Å². The van der Waals surface area contributed by atoms with Crippen LogP contribution in [0.25, 0.3) is 0 Å². The Morgan fingerprint density at radius 1 is 1.55 bits per heavy atom. The zero-order chi connectivity index (χ0) is 15.5. The number of rotatable bonds is 5. The number of hydrogen-bond donors (Lipinski definition) is 2. The number of aromatic nitrogens is 1. The largest absolute Gasteiger partial charge is 0.417 e. The molecular formula is C12H16ClF3N4. The Labute approximate surface area is 120 Å². The van der Waals surface area contributed by atoms with Crippen LogP contribution in [0.5, 0.6) is 0 Å². The summed E-state index contributed by atoms with van der Waals surface area (Å²) in [5.41, 5.74) is 4.50. The first-order valence-electron chi connectivity index (χ1n) is 5.98. The summed E-state index contributed by atoms with van der Waals surface area (Å²) in [5, 5.41) is 7.28. The third kappa shape index (κ3) is 4.00. The van der Waals surface area contributed by atoms with E-state index >= 15 is 0 Å². The van der Waals surface area contributed by atoms with E-state index in [4.69, 9.17) is 22.7 Å². The lowest BCUT2D eigenvalue weighted by Gasteiger charge is -2.26. The van der Waals surface area contributed by atoms with E-state index in [0.717, 1.165) is 12.3 Å². The zero-order valence-corrected chi connectivity index (χ0v) is 11.9. The molecule has 0 amide bonds. The monoisotopic (exact) mass is 308 g/mol. The number of halogens is 4. The van der Waals surface area contributed by atoms with Gasteiger partial charge in [0.15, 0.2) is 0 Å². The van der Waals surface area contributed by atoms with Gasteiger partial charge in [-0.2, -0.15) is 13.2 Å². The molecule has 3 N–H and O–H groups in total. The molecule has 0 aliphatic heterocycles. The minimum Gasteiger partial charge on any atom is -0.387 e. The summed E-state index contributed by atoms with van der Waals surface area (Å²) in [5.74, 6) is 0.0249. The van der Waals surface area contributed by atoms with Crippen LogP contribution in [-0.4, -0.2) is 23.9 Å². The van der Waals surface area contributed by atoms with E-state index < -0.39 is 11.7 Å². The summed E-state index contributed by atoms with van der Waals surface area (Å²) in [6.45, 7) is 4.44. The number of amidine groups is 1. The van der Waals surface area contributed by atoms with Crippen molar-refractivity contribution < 1.29 is 13.2 Å². The normalized spacial score (nSPS) is 13.1. The molecule has 0 saturated carbocycles. The predicted octanol–water partition coefficient (Wildman–Crippen LogP) is 3.15. The van der Waals surface area contributed by atoms with Crippen LogP contribution < -0.4 is 10.6 Å². The van der Waals surface area contributed by atoms with E-state index in [-0.39, 0.29) is 22.6 Å². The Bertz CT molecular complexity index is 490. The van der Waals surface area contributed by atoms with Gasteiger partial charge in [-0.3, -0.25) is 5.41 Å². The fourth-order valence-corrected chi connectivity index (χ4v) is 1.90. The molecule has 1 atom stereocenters. The summed E-state index contributed by atoms with van der Waals surface area (Å²) in [6, 6.07) is 0.852. The second-order valence-corrected chi connectivity index (χ2v) is 4.83. The van der Waals surface area contributed by atoms with E-state index in [1.165, 1.54) is 0 Å². The van der Waals surface area contributed by atoms with Crippen LogP contribution in [0, 0.1) is 11.3 Å². The number of alkyl halides is 3. The van der Waals surface area contributed by atoms with Crippen molar-refractivity contribution in [3.63, 3.8) is 0 Å². The van der Waals surface area contributed by atoms with E-state index in [9.17, 15) is 13.2 Å². The van der Waals surface area contributed by atoms with E-state index in [0.29, 0.717) is 13.1 Å². The van der Waals surface area contributed by atoms with Crippen molar-refractivity contribution in [3.05, 3.63) is 22.8 Å². The van der Waals surface area contributed by atoms with Crippen molar-refractivity contribution in [1.82, 2.24) is 4.98 Å². The minimum atomic E-state index is -4.47. The van der Waals surface area contributed by atoms with Gasteiger partial charge >= 0.3 is 6.18 Å². The van der Waals surface area contributed by atoms with E-state index in [1.807, 2.05) is 6.92 Å². The lowest BCUT2D eigenvalue weighted by molar-refractivity contribution is -0.137. The summed E-state index contributed by atoms with van der Waals surface area (Å²) >= 11 is 5.88. The number of hydrogen-bond acceptors (Lipinski definition) is 3. The van der Waals surface area contributed by atoms with Gasteiger partial charge in [-0.25, -0.2) is 4.98 Å². The highest BCUT2D eigenvalue weighted by molar-refractivity contribution is 6.33. The van der Waals surface area contributed by atoms with Crippen molar-refractivity contribution in [3.8, 4) is 0 Å². The first kappa shape index (κ1) is 16.6. The van der Waals surface area contributed by atoms with Crippen molar-refractivity contribution in [2.75, 3.05) is 18.0 Å². The van der Waals surface area contributed by atoms with Crippen LogP contribution in [0.2, 0.25) is 5.02 Å². The lowest BCUT2D eigenvalue weighted by atomic mass is 10.1. The van der Waals surface area contributed by atoms with Gasteiger partial charge in [0, 0.05) is 25.2 Å². The first-order chi connectivity index (χ1) is 9.16. The van der Waals surface area contributed by atoms with Crippen molar-refractivity contribution in [2.24, 2.45) is 11.7 Å². The number of nitrogens with two attached hydrogens (primary N) is 1. The molecule has 1 aromatic heterocycles. The zero-order valence-electron chi connectivity index (χ0n) is 11.1. The second-order valence-electron chi connectivity index (χ2n) is 4.42. The molecule has 0 aliphatic rings. The molecule has 0 saturated heterocycles. The van der Waals surface area contributed by atoms with Gasteiger partial charge in [0.25, 0.3) is 0 Å². The highest BCUT2D eigenvalue weighted by Gasteiger charge is 2.32. The Morgan fingerprint density at radius 2 is 2.15 bits per heavy atom. The van der Waals surface area contributed by atoms with Crippen molar-refractivity contribution >= 4 is 23.3 Å². The molecule has 0 aliphatic carbocycles. The first-order valence-corrected chi connectivity index (χ1v) is 6.36. The van der Waals surface area contributed by atoms with Crippen LogP contribution in [-0.2, 0) is 6.18 Å². The van der Waals surface area contributed by atoms with Gasteiger partial charge in [0.1, 0.15) is 5.82 Å². The molecule has 20 heavy (non-hydrogen) atoms. The Balaban J connectivity index is 3.02. The molecule has 8 heteroatoms. The molecule has 112 valence electrons. The third-order valence-corrected chi connectivity index (χ3v) is 3.13. The lowest BCUT2D eigenvalue weighted by Crippen LogP contribution is -2.35. The van der Waals surface area contributed by atoms with Crippen LogP contribution >= 0.6 is 11.6 Å². The standard InChI is InChI=1S/C12H16ClF3N4/c1-3-20(6-7(2)10(17)18)11-9(13)4-8(5-19-11)12(14,15)16/h4-5,7H,3,6H2,1-2H3,(H3,17,18). The average molecular weight is 309 g/mol. The molecule has 1 heterocycles. The Kier molecular flexibility index (Phi) is 5.21. The molecule has 0 fully saturated rings. The molecule has 1 aromatic rings. The fraction of sp³-hybridized carbons (Fsp3) is 0.500. The molecule has 0 bridgehead atoms. The quantitative estimate of drug-likeness (QED) is 0.648. The summed E-state index contributed by atoms with van der Waals surface area (Å²) < 4.78 is 37.6. The Morgan fingerprint density at radius 3 is 2.55 bits per heavy atom. The maximum absolute atomic E-state index is 12.5. The highest BCUT2D eigenvalue weighted by Crippen LogP contribution is 2.33. The van der Waals surface area contributed by atoms with Gasteiger partial charge in [-0.1, -0.05) is 18.5 Å². The van der Waals surface area contributed by atoms with Crippen LogP contribution in [0.15, 0.2) is 12.3 Å². The second kappa shape index (κ2) is 6.30. The molecule has 0 radical (unpaired) electrons. The fourth-order valence-electron chi connectivity index (χ4n) is 1.61. The van der Waals surface area contributed by atoms with E-state index in [2.05, 4.69) is 4.98 Å². The van der Waals surface area contributed by atoms with Crippen molar-refractivity contribution in [2.45, 2.75) is 20.0 Å². The number of pyridine rings is 1. The molecule has 0 aromatic carbocycles. The van der Waals surface area contributed by atoms with Crippen molar-refractivity contribution in [1.29, 1.82) is 5.41 Å². The van der Waals surface area contributed by atoms with Gasteiger partial charge < -0.3 is 10.6 Å². The third-order valence-electron chi connectivity index (χ3n) is 2.86. The summed E-state index contributed by atoms with van der Waals surface area (Å²) in [4.78, 5) is 5.48. The molecule has 1 rings (SSSR count). The maximum atomic E-state index is 12.5. The number of nitrogens with zero attached hydrogens (tertiary/aromatic N) is 2. The highest BCUT2D eigenvalue weighted by atomic mass is 35.5. The molecule has 0 spiro atoms. The number of anilines is 1. The molecular weight excluding hydrogens is 293 g/mol. The molecule has 1 unspecified atom stereocenters. The summed E-state index contributed by atoms with van der Waals surface area (Å²) in [6.07, 6.45) is -3.72. The summed E-state index contributed by atoms with van der Waals surface area (Å²) in [7, 11) is 0. The Hall–Kier alpha value is -1.50. The SMILES string of the molecule is CCN(CC(C)C(=N)N)c1ncc(C(F)(F)F)cc1Cl. The smallest absolute Gasteiger partial charge is 0.387 e. The number of nitrogens with one attached hydrogen (secondary N) is 1. The van der Waals surface area contributed by atoms with Crippen LogP contribution in [0.3, 0.4) is 0 Å². The topological polar surface area (TPSA) is 66.0 Å². The van der Waals surface area contributed by atoms with Gasteiger partial charge in [0.2, 0.25) is 0 Å². The van der Waals surface area contributed by atoms with Gasteiger partial charge in [0.05, 0.1) is 16.4 Å². The average Bonchev–Trinajstić information content (AvgIpc) is 2.34. The van der Waals surface area contributed by atoms with Crippen LogP contribution in [0.4, 0.5) is 19.0 Å². The van der Waals surface area contributed by atoms with E-state index in [1.54, 1.807) is 11.8 Å². The minimum absolute atomic E-state index is 0.00600. The predicted molar refractivity (Wildman–Crippen MR) is 73.2 cm³/mol. The maximum Gasteiger partial charge on any atom is 0.417 e. The van der Waals surface area contributed by atoms with Gasteiger partial charge in [-0.05, 0) is 13.0 Å². The van der Waals surface area contributed by atoms with Gasteiger partial charge in [-0.15, -0.1) is 0 Å². The molecule has 4 nitrogen and oxygen atoms in total.